The van der Waals surface area contributed by atoms with Crippen LogP contribution in [0, 0.1) is 5.92 Å². The van der Waals surface area contributed by atoms with Gasteiger partial charge in [-0.05, 0) is 70.7 Å². The average molecular weight is 304 g/mol. The SMILES string of the molecule is CCN(c1ccc(C(=O)NC(C)(CO)C2CC2)cc1)C(C)C. The van der Waals surface area contributed by atoms with Gasteiger partial charge in [0.2, 0.25) is 0 Å². The third-order valence-corrected chi connectivity index (χ3v) is 4.63. The Balaban J connectivity index is 2.08. The normalized spacial score (nSPS) is 17.2. The molecule has 1 aromatic rings. The second kappa shape index (κ2) is 6.69. The van der Waals surface area contributed by atoms with Crippen LogP contribution in [0.1, 0.15) is 50.9 Å². The van der Waals surface area contributed by atoms with Crippen LogP contribution in [0.5, 0.6) is 0 Å². The van der Waals surface area contributed by atoms with Crippen molar-refractivity contribution in [3.8, 4) is 0 Å². The van der Waals surface area contributed by atoms with E-state index in [2.05, 4.69) is 31.0 Å². The van der Waals surface area contributed by atoms with Crippen molar-refractivity contribution < 1.29 is 9.90 Å². The van der Waals surface area contributed by atoms with Crippen LogP contribution in [0.4, 0.5) is 5.69 Å². The first-order chi connectivity index (χ1) is 10.4. The molecule has 1 aliphatic rings. The van der Waals surface area contributed by atoms with Crippen molar-refractivity contribution in [3.05, 3.63) is 29.8 Å². The number of aliphatic hydroxyl groups excluding tert-OH is 1. The minimum Gasteiger partial charge on any atom is -0.394 e. The molecule has 4 nitrogen and oxygen atoms in total. The van der Waals surface area contributed by atoms with Gasteiger partial charge in [0.25, 0.3) is 5.91 Å². The lowest BCUT2D eigenvalue weighted by molar-refractivity contribution is 0.0824. The number of benzene rings is 1. The highest BCUT2D eigenvalue weighted by atomic mass is 16.3. The van der Waals surface area contributed by atoms with Gasteiger partial charge in [0.15, 0.2) is 0 Å². The maximum Gasteiger partial charge on any atom is 0.251 e. The van der Waals surface area contributed by atoms with Gasteiger partial charge in [0, 0.05) is 23.8 Å². The number of rotatable bonds is 7. The second-order valence-electron chi connectivity index (χ2n) is 6.73. The minimum atomic E-state index is -0.497. The van der Waals surface area contributed by atoms with E-state index in [-0.39, 0.29) is 12.5 Å². The Bertz CT molecular complexity index is 508. The molecule has 1 aromatic carbocycles. The number of anilines is 1. The number of hydrogen-bond donors (Lipinski definition) is 2. The predicted molar refractivity (Wildman–Crippen MR) is 90.3 cm³/mol. The van der Waals surface area contributed by atoms with Gasteiger partial charge in [0.1, 0.15) is 0 Å². The molecule has 0 radical (unpaired) electrons. The molecule has 2 N–H and O–H groups in total. The van der Waals surface area contributed by atoms with Crippen LogP contribution in [0.15, 0.2) is 24.3 Å². The average Bonchev–Trinajstić information content (AvgIpc) is 3.33. The predicted octanol–water partition coefficient (Wildman–Crippen LogP) is 2.81. The maximum absolute atomic E-state index is 12.4. The second-order valence-corrected chi connectivity index (χ2v) is 6.73. The highest BCUT2D eigenvalue weighted by Crippen LogP contribution is 2.39. The van der Waals surface area contributed by atoms with E-state index in [0.717, 1.165) is 25.1 Å². The van der Waals surface area contributed by atoms with Gasteiger partial charge in [-0.2, -0.15) is 0 Å². The largest absolute Gasteiger partial charge is 0.394 e. The third kappa shape index (κ3) is 3.61. The fourth-order valence-electron chi connectivity index (χ4n) is 2.97. The van der Waals surface area contributed by atoms with Gasteiger partial charge in [-0.1, -0.05) is 0 Å². The van der Waals surface area contributed by atoms with E-state index < -0.39 is 5.54 Å². The van der Waals surface area contributed by atoms with Crippen LogP contribution in [0.25, 0.3) is 0 Å². The Kier molecular flexibility index (Phi) is 5.12. The quantitative estimate of drug-likeness (QED) is 0.814. The van der Waals surface area contributed by atoms with E-state index in [1.54, 1.807) is 0 Å². The molecule has 0 bridgehead atoms. The smallest absolute Gasteiger partial charge is 0.251 e. The Labute approximate surface area is 133 Å². The zero-order valence-corrected chi connectivity index (χ0v) is 14.1. The third-order valence-electron chi connectivity index (χ3n) is 4.63. The molecule has 1 atom stereocenters. The summed E-state index contributed by atoms with van der Waals surface area (Å²) in [6.07, 6.45) is 2.16. The summed E-state index contributed by atoms with van der Waals surface area (Å²) in [5.74, 6) is 0.292. The number of carbonyl (C=O) groups excluding carboxylic acids is 1. The lowest BCUT2D eigenvalue weighted by Gasteiger charge is -2.29. The monoisotopic (exact) mass is 304 g/mol. The fraction of sp³-hybridized carbons (Fsp3) is 0.611. The summed E-state index contributed by atoms with van der Waals surface area (Å²) in [7, 11) is 0. The summed E-state index contributed by atoms with van der Waals surface area (Å²) >= 11 is 0. The molecule has 1 aliphatic carbocycles. The lowest BCUT2D eigenvalue weighted by atomic mass is 9.96. The molecular weight excluding hydrogens is 276 g/mol. The Morgan fingerprint density at radius 3 is 2.36 bits per heavy atom. The van der Waals surface area contributed by atoms with Crippen molar-refractivity contribution in [1.29, 1.82) is 0 Å². The molecule has 2 rings (SSSR count). The van der Waals surface area contributed by atoms with Gasteiger partial charge in [-0.3, -0.25) is 4.79 Å². The molecule has 0 spiro atoms. The van der Waals surface area contributed by atoms with Crippen molar-refractivity contribution in [2.45, 2.75) is 52.1 Å². The Morgan fingerprint density at radius 1 is 1.36 bits per heavy atom. The molecule has 1 fully saturated rings. The van der Waals surface area contributed by atoms with Crippen LogP contribution >= 0.6 is 0 Å². The van der Waals surface area contributed by atoms with Crippen molar-refractivity contribution in [1.82, 2.24) is 5.32 Å². The van der Waals surface area contributed by atoms with Crippen molar-refractivity contribution in [3.63, 3.8) is 0 Å². The Morgan fingerprint density at radius 2 is 1.95 bits per heavy atom. The summed E-state index contributed by atoms with van der Waals surface area (Å²) in [5, 5.41) is 12.6. The van der Waals surface area contributed by atoms with Crippen LogP contribution in [0.3, 0.4) is 0 Å². The molecule has 1 unspecified atom stereocenters. The molecule has 0 saturated heterocycles. The summed E-state index contributed by atoms with van der Waals surface area (Å²) in [4.78, 5) is 14.7. The number of nitrogens with zero attached hydrogens (tertiary/aromatic N) is 1. The summed E-state index contributed by atoms with van der Waals surface area (Å²) in [6, 6.07) is 8.13. The Hall–Kier alpha value is -1.55. The molecule has 0 aliphatic heterocycles. The molecule has 122 valence electrons. The summed E-state index contributed by atoms with van der Waals surface area (Å²) < 4.78 is 0. The van der Waals surface area contributed by atoms with E-state index in [9.17, 15) is 9.90 Å². The van der Waals surface area contributed by atoms with Crippen LogP contribution in [-0.2, 0) is 0 Å². The number of aliphatic hydroxyl groups is 1. The van der Waals surface area contributed by atoms with Gasteiger partial charge in [-0.25, -0.2) is 0 Å². The molecule has 4 heteroatoms. The fourth-order valence-corrected chi connectivity index (χ4v) is 2.97. The number of carbonyl (C=O) groups is 1. The molecule has 0 aromatic heterocycles. The number of hydrogen-bond acceptors (Lipinski definition) is 3. The first-order valence-corrected chi connectivity index (χ1v) is 8.21. The van der Waals surface area contributed by atoms with Crippen molar-refractivity contribution in [2.24, 2.45) is 5.92 Å². The van der Waals surface area contributed by atoms with E-state index >= 15 is 0 Å². The zero-order chi connectivity index (χ0) is 16.3. The van der Waals surface area contributed by atoms with Gasteiger partial charge in [-0.15, -0.1) is 0 Å². The van der Waals surface area contributed by atoms with E-state index in [1.165, 1.54) is 0 Å². The van der Waals surface area contributed by atoms with Crippen LogP contribution in [-0.4, -0.2) is 35.7 Å². The van der Waals surface area contributed by atoms with Crippen molar-refractivity contribution in [2.75, 3.05) is 18.1 Å². The molecular formula is C18H28N2O2. The van der Waals surface area contributed by atoms with Crippen LogP contribution in [0.2, 0.25) is 0 Å². The first kappa shape index (κ1) is 16.8. The maximum atomic E-state index is 12.4. The van der Waals surface area contributed by atoms with Crippen LogP contribution < -0.4 is 10.2 Å². The highest BCUT2D eigenvalue weighted by molar-refractivity contribution is 5.95. The first-order valence-electron chi connectivity index (χ1n) is 8.21. The van der Waals surface area contributed by atoms with E-state index in [1.807, 2.05) is 31.2 Å². The van der Waals surface area contributed by atoms with E-state index in [4.69, 9.17) is 0 Å². The standard InChI is InChI=1S/C18H28N2O2/c1-5-20(13(2)3)16-10-6-14(7-11-16)17(22)19-18(4,12-21)15-8-9-15/h6-7,10-11,13,15,21H,5,8-9,12H2,1-4H3,(H,19,22). The van der Waals surface area contributed by atoms with Gasteiger partial charge in [0.05, 0.1) is 12.1 Å². The van der Waals surface area contributed by atoms with Gasteiger partial charge >= 0.3 is 0 Å². The van der Waals surface area contributed by atoms with Gasteiger partial charge < -0.3 is 15.3 Å². The lowest BCUT2D eigenvalue weighted by Crippen LogP contribution is -2.50. The van der Waals surface area contributed by atoms with E-state index in [0.29, 0.717) is 17.5 Å². The minimum absolute atomic E-state index is 0.0154. The van der Waals surface area contributed by atoms with Crippen molar-refractivity contribution >= 4 is 11.6 Å². The summed E-state index contributed by atoms with van der Waals surface area (Å²) in [6.45, 7) is 9.29. The summed E-state index contributed by atoms with van der Waals surface area (Å²) in [5.41, 5.74) is 1.27. The molecule has 1 amide bonds. The highest BCUT2D eigenvalue weighted by Gasteiger charge is 2.42. The topological polar surface area (TPSA) is 52.6 Å². The molecule has 0 heterocycles. The number of nitrogens with one attached hydrogen (secondary N) is 1. The zero-order valence-electron chi connectivity index (χ0n) is 14.1. The molecule has 1 saturated carbocycles. The molecule has 22 heavy (non-hydrogen) atoms. The number of amides is 1.